The highest BCUT2D eigenvalue weighted by Gasteiger charge is 2.29. The Morgan fingerprint density at radius 2 is 1.56 bits per heavy atom. The lowest BCUT2D eigenvalue weighted by Gasteiger charge is -2.26. The fraction of sp³-hybridized carbons (Fsp3) is 0.208. The van der Waals surface area contributed by atoms with Gasteiger partial charge in [-0.1, -0.05) is 35.4 Å². The molecule has 0 bridgehead atoms. The summed E-state index contributed by atoms with van der Waals surface area (Å²) in [6.07, 6.45) is 0. The van der Waals surface area contributed by atoms with Crippen molar-refractivity contribution in [1.29, 1.82) is 0 Å². The normalized spacial score (nSPS) is 11.2. The highest BCUT2D eigenvalue weighted by molar-refractivity contribution is 7.92. The molecule has 0 saturated carbocycles. The molecule has 0 aliphatic rings. The number of amides is 1. The van der Waals surface area contributed by atoms with Crippen LogP contribution < -0.4 is 14.4 Å². The van der Waals surface area contributed by atoms with E-state index >= 15 is 0 Å². The van der Waals surface area contributed by atoms with Gasteiger partial charge in [0, 0.05) is 10.7 Å². The van der Waals surface area contributed by atoms with E-state index in [0.29, 0.717) is 10.7 Å². The first-order chi connectivity index (χ1) is 15.1. The minimum Gasteiger partial charge on any atom is -0.495 e. The Labute approximate surface area is 193 Å². The minimum absolute atomic E-state index is 0.0596. The number of rotatable bonds is 7. The van der Waals surface area contributed by atoms with Crippen molar-refractivity contribution in [3.05, 3.63) is 82.4 Å². The number of halogens is 1. The van der Waals surface area contributed by atoms with Crippen LogP contribution in [0.25, 0.3) is 0 Å². The lowest BCUT2D eigenvalue weighted by atomic mass is 10.1. The van der Waals surface area contributed by atoms with Crippen LogP contribution in [0.2, 0.25) is 5.02 Å². The molecule has 0 atom stereocenters. The van der Waals surface area contributed by atoms with Crippen LogP contribution in [0.1, 0.15) is 16.7 Å². The molecule has 0 fully saturated rings. The number of nitrogens with zero attached hydrogens (tertiary/aromatic N) is 1. The number of hydrogen-bond acceptors (Lipinski definition) is 4. The van der Waals surface area contributed by atoms with Crippen molar-refractivity contribution in [3.63, 3.8) is 0 Å². The first-order valence-electron chi connectivity index (χ1n) is 9.91. The number of carbonyl (C=O) groups excluding carboxylic acids is 1. The maximum atomic E-state index is 13.6. The van der Waals surface area contributed by atoms with Crippen LogP contribution in [0.5, 0.6) is 5.75 Å². The van der Waals surface area contributed by atoms with E-state index in [4.69, 9.17) is 16.3 Å². The van der Waals surface area contributed by atoms with Crippen LogP contribution in [-0.4, -0.2) is 28.0 Å². The SMILES string of the molecule is COc1ccc(Cl)cc1N(CC(=O)Nc1cc(C)cc(C)c1)S(=O)(=O)c1ccc(C)cc1. The topological polar surface area (TPSA) is 75.7 Å². The van der Waals surface area contributed by atoms with Crippen LogP contribution in [0.15, 0.2) is 65.6 Å². The number of aryl methyl sites for hydroxylation is 3. The second-order valence-electron chi connectivity index (χ2n) is 7.57. The lowest BCUT2D eigenvalue weighted by Crippen LogP contribution is -2.38. The van der Waals surface area contributed by atoms with Gasteiger partial charge in [0.2, 0.25) is 5.91 Å². The summed E-state index contributed by atoms with van der Waals surface area (Å²) in [5, 5.41) is 3.11. The number of ether oxygens (including phenoxy) is 1. The summed E-state index contributed by atoms with van der Waals surface area (Å²) in [5.41, 5.74) is 3.67. The number of nitrogens with one attached hydrogen (secondary N) is 1. The van der Waals surface area contributed by atoms with Crippen molar-refractivity contribution in [1.82, 2.24) is 0 Å². The second-order valence-corrected chi connectivity index (χ2v) is 9.86. The molecule has 0 unspecified atom stereocenters. The summed E-state index contributed by atoms with van der Waals surface area (Å²) in [6, 6.07) is 16.7. The average molecular weight is 473 g/mol. The van der Waals surface area contributed by atoms with E-state index in [1.165, 1.54) is 25.3 Å². The van der Waals surface area contributed by atoms with E-state index in [9.17, 15) is 13.2 Å². The third-order valence-electron chi connectivity index (χ3n) is 4.81. The summed E-state index contributed by atoms with van der Waals surface area (Å²) in [6.45, 7) is 5.26. The molecule has 1 amide bonds. The van der Waals surface area contributed by atoms with Crippen molar-refractivity contribution in [2.24, 2.45) is 0 Å². The molecule has 0 saturated heterocycles. The summed E-state index contributed by atoms with van der Waals surface area (Å²) < 4.78 is 33.5. The number of sulfonamides is 1. The van der Waals surface area contributed by atoms with Gasteiger partial charge in [0.25, 0.3) is 10.0 Å². The van der Waals surface area contributed by atoms with Crippen LogP contribution in [0.4, 0.5) is 11.4 Å². The van der Waals surface area contributed by atoms with Crippen molar-refractivity contribution >= 4 is 38.9 Å². The number of anilines is 2. The molecule has 1 N–H and O–H groups in total. The highest BCUT2D eigenvalue weighted by Crippen LogP contribution is 2.35. The van der Waals surface area contributed by atoms with Gasteiger partial charge in [-0.05, 0) is 74.4 Å². The monoisotopic (exact) mass is 472 g/mol. The zero-order valence-electron chi connectivity index (χ0n) is 18.3. The molecule has 168 valence electrons. The van der Waals surface area contributed by atoms with Crippen LogP contribution in [0, 0.1) is 20.8 Å². The van der Waals surface area contributed by atoms with Gasteiger partial charge in [-0.2, -0.15) is 0 Å². The zero-order chi connectivity index (χ0) is 23.5. The Kier molecular flexibility index (Phi) is 7.11. The molecule has 0 heterocycles. The molecule has 3 rings (SSSR count). The summed E-state index contributed by atoms with van der Waals surface area (Å²) in [5.74, 6) is -0.211. The van der Waals surface area contributed by atoms with Crippen molar-refractivity contribution < 1.29 is 17.9 Å². The molecular formula is C24H25ClN2O4S. The third kappa shape index (κ3) is 5.41. The van der Waals surface area contributed by atoms with Crippen molar-refractivity contribution in [2.75, 3.05) is 23.3 Å². The smallest absolute Gasteiger partial charge is 0.264 e. The van der Waals surface area contributed by atoms with E-state index in [2.05, 4.69) is 5.32 Å². The third-order valence-corrected chi connectivity index (χ3v) is 6.82. The molecule has 0 aliphatic heterocycles. The van der Waals surface area contributed by atoms with E-state index in [1.54, 1.807) is 24.3 Å². The number of benzene rings is 3. The molecule has 0 aromatic heterocycles. The number of hydrogen-bond donors (Lipinski definition) is 1. The quantitative estimate of drug-likeness (QED) is 0.518. The zero-order valence-corrected chi connectivity index (χ0v) is 19.9. The Hall–Kier alpha value is -3.03. The van der Waals surface area contributed by atoms with E-state index in [-0.39, 0.29) is 16.3 Å². The van der Waals surface area contributed by atoms with Crippen molar-refractivity contribution in [2.45, 2.75) is 25.7 Å². The fourth-order valence-electron chi connectivity index (χ4n) is 3.37. The van der Waals surface area contributed by atoms with Gasteiger partial charge >= 0.3 is 0 Å². The van der Waals surface area contributed by atoms with E-state index < -0.39 is 22.5 Å². The summed E-state index contributed by atoms with van der Waals surface area (Å²) >= 11 is 6.16. The molecule has 0 spiro atoms. The Bertz CT molecular complexity index is 1220. The van der Waals surface area contributed by atoms with Gasteiger partial charge in [0.15, 0.2) is 0 Å². The molecule has 0 aliphatic carbocycles. The molecule has 3 aromatic rings. The van der Waals surface area contributed by atoms with Crippen LogP contribution in [-0.2, 0) is 14.8 Å². The maximum absolute atomic E-state index is 13.6. The average Bonchev–Trinajstić information content (AvgIpc) is 2.71. The molecule has 0 radical (unpaired) electrons. The van der Waals surface area contributed by atoms with E-state index in [1.807, 2.05) is 39.0 Å². The van der Waals surface area contributed by atoms with Gasteiger partial charge in [0.1, 0.15) is 12.3 Å². The Morgan fingerprint density at radius 3 is 2.16 bits per heavy atom. The first-order valence-corrected chi connectivity index (χ1v) is 11.7. The molecule has 8 heteroatoms. The van der Waals surface area contributed by atoms with Gasteiger partial charge in [-0.3, -0.25) is 9.10 Å². The number of methoxy groups -OCH3 is 1. The first kappa shape index (κ1) is 23.6. The predicted molar refractivity (Wildman–Crippen MR) is 128 cm³/mol. The molecule has 6 nitrogen and oxygen atoms in total. The van der Waals surface area contributed by atoms with Gasteiger partial charge in [-0.15, -0.1) is 0 Å². The maximum Gasteiger partial charge on any atom is 0.264 e. The number of carbonyl (C=O) groups is 1. The standard InChI is InChI=1S/C24H25ClN2O4S/c1-16-5-8-21(9-6-16)32(29,30)27(22-14-19(25)7-10-23(22)31-4)15-24(28)26-20-12-17(2)11-18(3)13-20/h5-14H,15H2,1-4H3,(H,26,28). The molecular weight excluding hydrogens is 448 g/mol. The van der Waals surface area contributed by atoms with Crippen molar-refractivity contribution in [3.8, 4) is 5.75 Å². The molecule has 3 aromatic carbocycles. The van der Waals surface area contributed by atoms with Gasteiger partial charge in [-0.25, -0.2) is 8.42 Å². The highest BCUT2D eigenvalue weighted by atomic mass is 35.5. The summed E-state index contributed by atoms with van der Waals surface area (Å²) in [7, 11) is -2.66. The summed E-state index contributed by atoms with van der Waals surface area (Å²) in [4.78, 5) is 13.0. The largest absolute Gasteiger partial charge is 0.495 e. The predicted octanol–water partition coefficient (Wildman–Crippen LogP) is 5.11. The van der Waals surface area contributed by atoms with Crippen LogP contribution in [0.3, 0.4) is 0 Å². The van der Waals surface area contributed by atoms with Gasteiger partial charge in [0.05, 0.1) is 17.7 Å². The fourth-order valence-corrected chi connectivity index (χ4v) is 4.96. The Morgan fingerprint density at radius 1 is 0.938 bits per heavy atom. The van der Waals surface area contributed by atoms with E-state index in [0.717, 1.165) is 21.0 Å². The minimum atomic E-state index is -4.09. The second kappa shape index (κ2) is 9.63. The molecule has 32 heavy (non-hydrogen) atoms. The lowest BCUT2D eigenvalue weighted by molar-refractivity contribution is -0.114. The van der Waals surface area contributed by atoms with Crippen LogP contribution >= 0.6 is 11.6 Å². The van der Waals surface area contributed by atoms with Gasteiger partial charge < -0.3 is 10.1 Å². The Balaban J connectivity index is 2.03.